The minimum Gasteiger partial charge on any atom is -0.375 e. The fraction of sp³-hybridized carbons (Fsp3) is 0.308. The monoisotopic (exact) mass is 213 g/mol. The van der Waals surface area contributed by atoms with Gasteiger partial charge in [-0.25, -0.2) is 4.98 Å². The van der Waals surface area contributed by atoms with E-state index in [1.54, 1.807) is 0 Å². The van der Waals surface area contributed by atoms with Crippen LogP contribution in [-0.2, 0) is 13.0 Å². The maximum atomic E-state index is 4.45. The van der Waals surface area contributed by atoms with Gasteiger partial charge in [-0.2, -0.15) is 0 Å². The Bertz CT molecular complexity index is 476. The number of para-hydroxylation sites is 1. The number of aromatic nitrogens is 2. The van der Waals surface area contributed by atoms with Crippen molar-refractivity contribution in [3.05, 3.63) is 48.0 Å². The second-order valence-corrected chi connectivity index (χ2v) is 4.13. The van der Waals surface area contributed by atoms with Crippen molar-refractivity contribution >= 4 is 5.69 Å². The van der Waals surface area contributed by atoms with Gasteiger partial charge in [0, 0.05) is 31.0 Å². The highest BCUT2D eigenvalue weighted by Crippen LogP contribution is 2.32. The number of hydrogen-bond acceptors (Lipinski definition) is 2. The lowest BCUT2D eigenvalue weighted by Crippen LogP contribution is -2.12. The summed E-state index contributed by atoms with van der Waals surface area (Å²) in [6.07, 6.45) is 4.96. The molecule has 3 heteroatoms. The van der Waals surface area contributed by atoms with Crippen LogP contribution in [0.25, 0.3) is 0 Å². The van der Waals surface area contributed by atoms with E-state index in [0.29, 0.717) is 6.04 Å². The van der Waals surface area contributed by atoms with Crippen LogP contribution in [0.1, 0.15) is 24.4 Å². The molecule has 0 saturated heterocycles. The van der Waals surface area contributed by atoms with Crippen LogP contribution in [0.5, 0.6) is 0 Å². The zero-order valence-corrected chi connectivity index (χ0v) is 9.35. The van der Waals surface area contributed by atoms with Gasteiger partial charge < -0.3 is 9.88 Å². The number of anilines is 1. The Balaban J connectivity index is 1.91. The summed E-state index contributed by atoms with van der Waals surface area (Å²) in [7, 11) is 0. The summed E-state index contributed by atoms with van der Waals surface area (Å²) in [4.78, 5) is 4.45. The molecule has 2 aromatic rings. The van der Waals surface area contributed by atoms with Crippen LogP contribution in [-0.4, -0.2) is 9.55 Å². The topological polar surface area (TPSA) is 29.9 Å². The number of nitrogens with zero attached hydrogens (tertiary/aromatic N) is 2. The molecule has 0 saturated carbocycles. The molecule has 1 aliphatic heterocycles. The van der Waals surface area contributed by atoms with E-state index in [0.717, 1.165) is 18.8 Å². The fourth-order valence-electron chi connectivity index (χ4n) is 2.35. The van der Waals surface area contributed by atoms with Gasteiger partial charge in [-0.1, -0.05) is 18.2 Å². The molecule has 1 atom stereocenters. The van der Waals surface area contributed by atoms with Crippen molar-refractivity contribution in [1.29, 1.82) is 0 Å². The van der Waals surface area contributed by atoms with Crippen LogP contribution in [0, 0.1) is 0 Å². The molecule has 0 bridgehead atoms. The van der Waals surface area contributed by atoms with Gasteiger partial charge in [0.15, 0.2) is 0 Å². The highest BCUT2D eigenvalue weighted by atomic mass is 15.1. The molecule has 0 amide bonds. The van der Waals surface area contributed by atoms with Crippen molar-refractivity contribution in [3.63, 3.8) is 0 Å². The third-order valence-corrected chi connectivity index (χ3v) is 3.17. The van der Waals surface area contributed by atoms with Crippen LogP contribution in [0.15, 0.2) is 36.7 Å². The molecule has 0 aliphatic carbocycles. The third kappa shape index (κ3) is 1.40. The molecule has 0 radical (unpaired) electrons. The highest BCUT2D eigenvalue weighted by molar-refractivity contribution is 5.57. The van der Waals surface area contributed by atoms with Crippen molar-refractivity contribution in [2.24, 2.45) is 0 Å². The summed E-state index contributed by atoms with van der Waals surface area (Å²) < 4.78 is 2.20. The van der Waals surface area contributed by atoms with Gasteiger partial charge in [0.2, 0.25) is 0 Å². The van der Waals surface area contributed by atoms with Gasteiger partial charge in [0.25, 0.3) is 0 Å². The highest BCUT2D eigenvalue weighted by Gasteiger charge is 2.24. The number of fused-ring (bicyclic) bond motifs is 1. The summed E-state index contributed by atoms with van der Waals surface area (Å²) in [6, 6.07) is 8.80. The Labute approximate surface area is 95.1 Å². The van der Waals surface area contributed by atoms with E-state index >= 15 is 0 Å². The second-order valence-electron chi connectivity index (χ2n) is 4.13. The first-order chi connectivity index (χ1) is 7.88. The SMILES string of the molecule is CCn1ccnc1C1Cc2ccccc2N1. The molecule has 3 nitrogen and oxygen atoms in total. The summed E-state index contributed by atoms with van der Waals surface area (Å²) in [5, 5.41) is 3.53. The van der Waals surface area contributed by atoms with Gasteiger partial charge in [0.1, 0.15) is 5.82 Å². The lowest BCUT2D eigenvalue weighted by Gasteiger charge is -2.12. The Morgan fingerprint density at radius 2 is 2.31 bits per heavy atom. The fourth-order valence-corrected chi connectivity index (χ4v) is 2.35. The van der Waals surface area contributed by atoms with E-state index in [1.165, 1.54) is 11.3 Å². The van der Waals surface area contributed by atoms with E-state index in [1.807, 2.05) is 12.4 Å². The Kier molecular flexibility index (Phi) is 2.17. The van der Waals surface area contributed by atoms with Gasteiger partial charge in [-0.05, 0) is 18.6 Å². The number of benzene rings is 1. The average Bonchev–Trinajstić information content (AvgIpc) is 2.94. The van der Waals surface area contributed by atoms with E-state index in [4.69, 9.17) is 0 Å². The average molecular weight is 213 g/mol. The predicted octanol–water partition coefficient (Wildman–Crippen LogP) is 2.61. The second kappa shape index (κ2) is 3.67. The summed E-state index contributed by atoms with van der Waals surface area (Å²) in [6.45, 7) is 3.12. The number of nitrogens with one attached hydrogen (secondary N) is 1. The summed E-state index contributed by atoms with van der Waals surface area (Å²) in [5.41, 5.74) is 2.64. The molecular formula is C13H15N3. The molecular weight excluding hydrogens is 198 g/mol. The number of aryl methyl sites for hydroxylation is 1. The molecule has 2 heterocycles. The van der Waals surface area contributed by atoms with E-state index < -0.39 is 0 Å². The van der Waals surface area contributed by atoms with Crippen LogP contribution in [0.2, 0.25) is 0 Å². The molecule has 1 N–H and O–H groups in total. The maximum Gasteiger partial charge on any atom is 0.131 e. The van der Waals surface area contributed by atoms with Crippen LogP contribution in [0.3, 0.4) is 0 Å². The minimum atomic E-state index is 0.326. The Hall–Kier alpha value is -1.77. The predicted molar refractivity (Wildman–Crippen MR) is 64.4 cm³/mol. The standard InChI is InChI=1S/C13H15N3/c1-2-16-8-7-14-13(16)12-9-10-5-3-4-6-11(10)15-12/h3-8,12,15H,2,9H2,1H3. The molecule has 1 aromatic carbocycles. The van der Waals surface area contributed by atoms with Gasteiger partial charge in [-0.15, -0.1) is 0 Å². The lowest BCUT2D eigenvalue weighted by molar-refractivity contribution is 0.643. The molecule has 0 spiro atoms. The largest absolute Gasteiger partial charge is 0.375 e. The number of rotatable bonds is 2. The normalized spacial score (nSPS) is 18.2. The van der Waals surface area contributed by atoms with Crippen LogP contribution >= 0.6 is 0 Å². The first-order valence-corrected chi connectivity index (χ1v) is 5.74. The Morgan fingerprint density at radius 1 is 1.44 bits per heavy atom. The van der Waals surface area contributed by atoms with Crippen molar-refractivity contribution < 1.29 is 0 Å². The number of hydrogen-bond donors (Lipinski definition) is 1. The van der Waals surface area contributed by atoms with Crippen LogP contribution in [0.4, 0.5) is 5.69 Å². The molecule has 16 heavy (non-hydrogen) atoms. The van der Waals surface area contributed by atoms with E-state index in [9.17, 15) is 0 Å². The smallest absolute Gasteiger partial charge is 0.131 e. The Morgan fingerprint density at radius 3 is 3.12 bits per heavy atom. The first-order valence-electron chi connectivity index (χ1n) is 5.74. The molecule has 1 aliphatic rings. The molecule has 3 rings (SSSR count). The first kappa shape index (κ1) is 9.46. The third-order valence-electron chi connectivity index (χ3n) is 3.17. The van der Waals surface area contributed by atoms with Crippen molar-refractivity contribution in [2.45, 2.75) is 25.9 Å². The van der Waals surface area contributed by atoms with Gasteiger partial charge >= 0.3 is 0 Å². The summed E-state index contributed by atoms with van der Waals surface area (Å²) in [5.74, 6) is 1.14. The van der Waals surface area contributed by atoms with E-state index in [2.05, 4.69) is 46.1 Å². The number of imidazole rings is 1. The maximum absolute atomic E-state index is 4.45. The van der Waals surface area contributed by atoms with Gasteiger partial charge in [0.05, 0.1) is 6.04 Å². The molecule has 1 aromatic heterocycles. The van der Waals surface area contributed by atoms with Crippen LogP contribution < -0.4 is 5.32 Å². The van der Waals surface area contributed by atoms with E-state index in [-0.39, 0.29) is 0 Å². The van der Waals surface area contributed by atoms with Gasteiger partial charge in [-0.3, -0.25) is 0 Å². The van der Waals surface area contributed by atoms with Crippen molar-refractivity contribution in [3.8, 4) is 0 Å². The molecule has 82 valence electrons. The summed E-state index contributed by atoms with van der Waals surface area (Å²) >= 11 is 0. The van der Waals surface area contributed by atoms with Crippen molar-refractivity contribution in [2.75, 3.05) is 5.32 Å². The zero-order valence-electron chi connectivity index (χ0n) is 9.35. The molecule has 0 fully saturated rings. The minimum absolute atomic E-state index is 0.326. The molecule has 1 unspecified atom stereocenters. The zero-order chi connectivity index (χ0) is 11.0. The lowest BCUT2D eigenvalue weighted by atomic mass is 10.1. The quantitative estimate of drug-likeness (QED) is 0.831. The van der Waals surface area contributed by atoms with Crippen molar-refractivity contribution in [1.82, 2.24) is 9.55 Å².